The third-order valence-electron chi connectivity index (χ3n) is 6.75. The van der Waals surface area contributed by atoms with Gasteiger partial charge in [-0.15, -0.1) is 0 Å². The zero-order chi connectivity index (χ0) is 18.7. The third kappa shape index (κ3) is 7.20. The minimum atomic E-state index is -0.0765. The SMILES string of the molecule is CCCCC[C@H]1CC[C@H](OCO[C@H]2CC[C@@](C#N)(CCCC)CC2)CC1. The van der Waals surface area contributed by atoms with Crippen LogP contribution in [0.5, 0.6) is 0 Å². The maximum absolute atomic E-state index is 9.57. The molecule has 2 aliphatic rings. The van der Waals surface area contributed by atoms with Gasteiger partial charge >= 0.3 is 0 Å². The number of rotatable bonds is 11. The van der Waals surface area contributed by atoms with E-state index in [9.17, 15) is 5.26 Å². The van der Waals surface area contributed by atoms with E-state index in [4.69, 9.17) is 9.47 Å². The monoisotopic (exact) mass is 363 g/mol. The fourth-order valence-electron chi connectivity index (χ4n) is 4.75. The Morgan fingerprint density at radius 2 is 1.46 bits per heavy atom. The van der Waals surface area contributed by atoms with Crippen molar-refractivity contribution >= 4 is 0 Å². The molecule has 0 aromatic heterocycles. The van der Waals surface area contributed by atoms with E-state index in [2.05, 4.69) is 19.9 Å². The van der Waals surface area contributed by atoms with E-state index in [0.29, 0.717) is 19.0 Å². The zero-order valence-corrected chi connectivity index (χ0v) is 17.3. The van der Waals surface area contributed by atoms with Crippen LogP contribution in [0.25, 0.3) is 0 Å². The molecular formula is C23H41NO2. The molecule has 3 heteroatoms. The van der Waals surface area contributed by atoms with Crippen LogP contribution in [0.1, 0.15) is 110 Å². The van der Waals surface area contributed by atoms with Crippen molar-refractivity contribution < 1.29 is 9.47 Å². The summed E-state index contributed by atoms with van der Waals surface area (Å²) in [7, 11) is 0. The smallest absolute Gasteiger partial charge is 0.147 e. The van der Waals surface area contributed by atoms with E-state index in [1.54, 1.807) is 0 Å². The molecule has 2 fully saturated rings. The lowest BCUT2D eigenvalue weighted by Gasteiger charge is -2.35. The van der Waals surface area contributed by atoms with Gasteiger partial charge in [-0.25, -0.2) is 0 Å². The van der Waals surface area contributed by atoms with Crippen LogP contribution in [0, 0.1) is 22.7 Å². The van der Waals surface area contributed by atoms with Gasteiger partial charge in [0.25, 0.3) is 0 Å². The summed E-state index contributed by atoms with van der Waals surface area (Å²) in [5.41, 5.74) is -0.0765. The zero-order valence-electron chi connectivity index (χ0n) is 17.3. The maximum Gasteiger partial charge on any atom is 0.147 e. The minimum Gasteiger partial charge on any atom is -0.352 e. The average molecular weight is 364 g/mol. The molecule has 0 amide bonds. The fraction of sp³-hybridized carbons (Fsp3) is 0.957. The molecule has 2 rings (SSSR count). The van der Waals surface area contributed by atoms with Crippen LogP contribution >= 0.6 is 0 Å². The number of nitriles is 1. The lowest BCUT2D eigenvalue weighted by atomic mass is 9.71. The van der Waals surface area contributed by atoms with Gasteiger partial charge in [-0.05, 0) is 63.7 Å². The normalized spacial score (nSPS) is 32.3. The number of unbranched alkanes of at least 4 members (excludes halogenated alkanes) is 3. The highest BCUT2D eigenvalue weighted by molar-refractivity contribution is 5.01. The summed E-state index contributed by atoms with van der Waals surface area (Å²) >= 11 is 0. The van der Waals surface area contributed by atoms with Crippen molar-refractivity contribution in [3.05, 3.63) is 0 Å². The van der Waals surface area contributed by atoms with Crippen LogP contribution in [0.2, 0.25) is 0 Å². The molecule has 0 aromatic rings. The van der Waals surface area contributed by atoms with Crippen LogP contribution in [-0.2, 0) is 9.47 Å². The molecule has 0 saturated heterocycles. The molecule has 0 radical (unpaired) electrons. The van der Waals surface area contributed by atoms with Gasteiger partial charge in [-0.2, -0.15) is 5.26 Å². The molecular weight excluding hydrogens is 322 g/mol. The van der Waals surface area contributed by atoms with Crippen LogP contribution in [-0.4, -0.2) is 19.0 Å². The Kier molecular flexibility index (Phi) is 10.0. The second-order valence-electron chi connectivity index (χ2n) is 8.78. The van der Waals surface area contributed by atoms with Crippen molar-refractivity contribution in [2.24, 2.45) is 11.3 Å². The van der Waals surface area contributed by atoms with E-state index in [0.717, 1.165) is 38.0 Å². The van der Waals surface area contributed by atoms with E-state index in [-0.39, 0.29) is 5.41 Å². The first-order chi connectivity index (χ1) is 12.7. The van der Waals surface area contributed by atoms with Crippen molar-refractivity contribution in [2.75, 3.05) is 6.79 Å². The van der Waals surface area contributed by atoms with Crippen molar-refractivity contribution in [3.8, 4) is 6.07 Å². The Labute approximate surface area is 161 Å². The highest BCUT2D eigenvalue weighted by Gasteiger charge is 2.35. The second-order valence-corrected chi connectivity index (χ2v) is 8.78. The standard InChI is InChI=1S/C23H41NO2/c1-3-5-7-8-20-9-11-21(12-10-20)25-19-26-22-13-16-23(18-24,17-14-22)15-6-4-2/h20-22H,3-17,19H2,1-2H3/t20-,21-,22-,23-. The largest absolute Gasteiger partial charge is 0.352 e. The average Bonchev–Trinajstić information content (AvgIpc) is 2.69. The predicted octanol–water partition coefficient (Wildman–Crippen LogP) is 6.76. The first-order valence-corrected chi connectivity index (χ1v) is 11.4. The molecule has 0 bridgehead atoms. The molecule has 26 heavy (non-hydrogen) atoms. The fourth-order valence-corrected chi connectivity index (χ4v) is 4.75. The summed E-state index contributed by atoms with van der Waals surface area (Å²) in [5, 5.41) is 9.57. The predicted molar refractivity (Wildman–Crippen MR) is 107 cm³/mol. The molecule has 2 aliphatic carbocycles. The number of hydrogen-bond acceptors (Lipinski definition) is 3. The Morgan fingerprint density at radius 3 is 2.04 bits per heavy atom. The lowest BCUT2D eigenvalue weighted by Crippen LogP contribution is -2.31. The molecule has 3 nitrogen and oxygen atoms in total. The first-order valence-electron chi connectivity index (χ1n) is 11.4. The molecule has 150 valence electrons. The van der Waals surface area contributed by atoms with Crippen LogP contribution in [0.4, 0.5) is 0 Å². The summed E-state index contributed by atoms with van der Waals surface area (Å²) in [6, 6.07) is 2.62. The summed E-state index contributed by atoms with van der Waals surface area (Å²) in [5.74, 6) is 0.933. The molecule has 0 heterocycles. The summed E-state index contributed by atoms with van der Waals surface area (Å²) in [6.07, 6.45) is 18.8. The Morgan fingerprint density at radius 1 is 0.846 bits per heavy atom. The Balaban J connectivity index is 1.55. The van der Waals surface area contributed by atoms with Gasteiger partial charge in [0.2, 0.25) is 0 Å². The molecule has 0 spiro atoms. The third-order valence-corrected chi connectivity index (χ3v) is 6.75. The second kappa shape index (κ2) is 12.0. The number of hydrogen-bond donors (Lipinski definition) is 0. The van der Waals surface area contributed by atoms with Crippen molar-refractivity contribution in [3.63, 3.8) is 0 Å². The first kappa shape index (κ1) is 21.7. The summed E-state index contributed by atoms with van der Waals surface area (Å²) in [4.78, 5) is 0. The molecule has 0 atom stereocenters. The van der Waals surface area contributed by atoms with E-state index < -0.39 is 0 Å². The Bertz CT molecular complexity index is 401. The van der Waals surface area contributed by atoms with Crippen molar-refractivity contribution in [1.29, 1.82) is 5.26 Å². The summed E-state index contributed by atoms with van der Waals surface area (Å²) < 4.78 is 12.0. The van der Waals surface area contributed by atoms with E-state index in [1.165, 1.54) is 64.2 Å². The van der Waals surface area contributed by atoms with E-state index >= 15 is 0 Å². The minimum absolute atomic E-state index is 0.0765. The molecule has 0 aromatic carbocycles. The van der Waals surface area contributed by atoms with Crippen LogP contribution in [0.15, 0.2) is 0 Å². The number of ether oxygens (including phenoxy) is 2. The van der Waals surface area contributed by atoms with Gasteiger partial charge in [-0.1, -0.05) is 52.4 Å². The molecule has 2 saturated carbocycles. The van der Waals surface area contributed by atoms with Gasteiger partial charge in [0.05, 0.1) is 23.7 Å². The van der Waals surface area contributed by atoms with Gasteiger partial charge < -0.3 is 9.47 Å². The summed E-state index contributed by atoms with van der Waals surface area (Å²) in [6.45, 7) is 4.93. The van der Waals surface area contributed by atoms with Crippen LogP contribution < -0.4 is 0 Å². The van der Waals surface area contributed by atoms with Gasteiger partial charge in [0, 0.05) is 0 Å². The van der Waals surface area contributed by atoms with E-state index in [1.807, 2.05) is 0 Å². The lowest BCUT2D eigenvalue weighted by molar-refractivity contribution is -0.137. The van der Waals surface area contributed by atoms with Crippen LogP contribution in [0.3, 0.4) is 0 Å². The van der Waals surface area contributed by atoms with Crippen molar-refractivity contribution in [1.82, 2.24) is 0 Å². The Hall–Kier alpha value is -0.590. The maximum atomic E-state index is 9.57. The highest BCUT2D eigenvalue weighted by Crippen LogP contribution is 2.41. The quantitative estimate of drug-likeness (QED) is 0.301. The van der Waals surface area contributed by atoms with Gasteiger partial charge in [0.15, 0.2) is 0 Å². The molecule has 0 aliphatic heterocycles. The highest BCUT2D eigenvalue weighted by atomic mass is 16.7. The van der Waals surface area contributed by atoms with Gasteiger partial charge in [0.1, 0.15) is 6.79 Å². The molecule has 0 N–H and O–H groups in total. The van der Waals surface area contributed by atoms with Gasteiger partial charge in [-0.3, -0.25) is 0 Å². The topological polar surface area (TPSA) is 42.2 Å². The molecule has 0 unspecified atom stereocenters. The number of nitrogens with zero attached hydrogens (tertiary/aromatic N) is 1. The van der Waals surface area contributed by atoms with Crippen molar-refractivity contribution in [2.45, 2.75) is 122 Å².